The van der Waals surface area contributed by atoms with E-state index in [9.17, 15) is 9.59 Å². The molecule has 1 rings (SSSR count). The molecule has 0 saturated carbocycles. The zero-order valence-electron chi connectivity index (χ0n) is 10.0. The van der Waals surface area contributed by atoms with Gasteiger partial charge in [-0.1, -0.05) is 0 Å². The van der Waals surface area contributed by atoms with Crippen molar-refractivity contribution >= 4 is 12.0 Å². The number of aliphatic carboxylic acids is 1. The number of carboxylic acids is 1. The topological polar surface area (TPSA) is 87.5 Å². The van der Waals surface area contributed by atoms with Gasteiger partial charge in [0, 0.05) is 20.3 Å². The molecule has 1 unspecified atom stereocenters. The number of rotatable bonds is 4. The van der Waals surface area contributed by atoms with Gasteiger partial charge in [-0.25, -0.2) is 9.59 Å². The Hall–Kier alpha value is -2.05. The first kappa shape index (κ1) is 13.0. The zero-order valence-corrected chi connectivity index (χ0v) is 10.0. The maximum Gasteiger partial charge on any atom is 0.326 e. The van der Waals surface area contributed by atoms with Crippen LogP contribution >= 0.6 is 0 Å². The average molecular weight is 240 g/mol. The van der Waals surface area contributed by atoms with E-state index in [0.717, 1.165) is 10.6 Å². The van der Waals surface area contributed by atoms with Crippen LogP contribution in [0.5, 0.6) is 0 Å². The van der Waals surface area contributed by atoms with Gasteiger partial charge in [-0.15, -0.1) is 0 Å². The molecule has 1 heterocycles. The van der Waals surface area contributed by atoms with E-state index in [2.05, 4.69) is 10.4 Å². The second-order valence-electron chi connectivity index (χ2n) is 3.76. The Morgan fingerprint density at radius 1 is 1.65 bits per heavy atom. The summed E-state index contributed by atoms with van der Waals surface area (Å²) in [6.07, 6.45) is 1.77. The van der Waals surface area contributed by atoms with Gasteiger partial charge >= 0.3 is 12.0 Å². The van der Waals surface area contributed by atoms with Crippen LogP contribution in [-0.2, 0) is 18.4 Å². The number of likely N-dealkylation sites (N-methyl/N-ethyl adjacent to an activating group) is 1. The van der Waals surface area contributed by atoms with Crippen LogP contribution in [-0.4, -0.2) is 44.9 Å². The Bertz CT molecular complexity index is 415. The highest BCUT2D eigenvalue weighted by Gasteiger charge is 2.21. The van der Waals surface area contributed by atoms with Crippen molar-refractivity contribution in [1.82, 2.24) is 20.0 Å². The maximum atomic E-state index is 11.6. The smallest absolute Gasteiger partial charge is 0.326 e. The summed E-state index contributed by atoms with van der Waals surface area (Å²) in [5.41, 5.74) is 0.720. The fourth-order valence-electron chi connectivity index (χ4n) is 1.19. The number of carbonyl (C=O) groups is 2. The number of hydrogen-bond acceptors (Lipinski definition) is 3. The Morgan fingerprint density at radius 3 is 2.76 bits per heavy atom. The normalized spacial score (nSPS) is 11.9. The number of aromatic nitrogens is 2. The molecule has 0 aromatic carbocycles. The van der Waals surface area contributed by atoms with Gasteiger partial charge in [0.1, 0.15) is 6.04 Å². The van der Waals surface area contributed by atoms with Crippen molar-refractivity contribution in [3.8, 4) is 0 Å². The first-order valence-corrected chi connectivity index (χ1v) is 5.14. The first-order valence-electron chi connectivity index (χ1n) is 5.14. The van der Waals surface area contributed by atoms with Gasteiger partial charge in [-0.3, -0.25) is 4.68 Å². The molecule has 0 radical (unpaired) electrons. The number of hydrogen-bond donors (Lipinski definition) is 2. The number of carbonyl (C=O) groups excluding carboxylic acids is 1. The van der Waals surface area contributed by atoms with E-state index in [0.29, 0.717) is 0 Å². The number of nitrogens with zero attached hydrogens (tertiary/aromatic N) is 3. The van der Waals surface area contributed by atoms with Crippen LogP contribution in [0.1, 0.15) is 12.6 Å². The molecule has 1 atom stereocenters. The molecule has 2 N–H and O–H groups in total. The largest absolute Gasteiger partial charge is 0.480 e. The second-order valence-corrected chi connectivity index (χ2v) is 3.76. The van der Waals surface area contributed by atoms with Crippen molar-refractivity contribution < 1.29 is 14.7 Å². The van der Waals surface area contributed by atoms with Crippen molar-refractivity contribution in [2.45, 2.75) is 19.5 Å². The molecule has 1 aromatic rings. The van der Waals surface area contributed by atoms with Gasteiger partial charge in [-0.05, 0) is 13.0 Å². The number of carboxylic acid groups (broad SMARTS) is 1. The van der Waals surface area contributed by atoms with E-state index in [1.54, 1.807) is 24.0 Å². The molecule has 0 aliphatic heterocycles. The molecule has 1 aromatic heterocycles. The Balaban J connectivity index is 2.47. The second kappa shape index (κ2) is 5.33. The van der Waals surface area contributed by atoms with Crippen molar-refractivity contribution in [2.24, 2.45) is 7.05 Å². The van der Waals surface area contributed by atoms with Gasteiger partial charge in [-0.2, -0.15) is 5.10 Å². The molecular formula is C10H16N4O3. The Morgan fingerprint density at radius 2 is 2.29 bits per heavy atom. The summed E-state index contributed by atoms with van der Waals surface area (Å²) in [7, 11) is 3.22. The Kier molecular flexibility index (Phi) is 4.08. The SMILES string of the molecule is CC(C(=O)O)N(C)C(=O)NCc1ccn(C)n1. The fourth-order valence-corrected chi connectivity index (χ4v) is 1.19. The lowest BCUT2D eigenvalue weighted by molar-refractivity contribution is -0.141. The molecule has 0 aliphatic carbocycles. The standard InChI is InChI=1S/C10H16N4O3/c1-7(9(15)16)14(3)10(17)11-6-8-4-5-13(2)12-8/h4-5,7H,6H2,1-3H3,(H,11,17)(H,15,16). The van der Waals surface area contributed by atoms with Gasteiger partial charge in [0.05, 0.1) is 12.2 Å². The summed E-state index contributed by atoms with van der Waals surface area (Å²) in [5, 5.41) is 15.4. The third kappa shape index (κ3) is 3.47. The van der Waals surface area contributed by atoms with E-state index < -0.39 is 18.0 Å². The minimum Gasteiger partial charge on any atom is -0.480 e. The van der Waals surface area contributed by atoms with Crippen LogP contribution in [0, 0.1) is 0 Å². The fraction of sp³-hybridized carbons (Fsp3) is 0.500. The highest BCUT2D eigenvalue weighted by Crippen LogP contribution is 1.98. The van der Waals surface area contributed by atoms with E-state index in [-0.39, 0.29) is 6.54 Å². The van der Waals surface area contributed by atoms with Gasteiger partial charge in [0.2, 0.25) is 0 Å². The lowest BCUT2D eigenvalue weighted by atomic mass is 10.3. The monoisotopic (exact) mass is 240 g/mol. The number of urea groups is 1. The zero-order chi connectivity index (χ0) is 13.0. The summed E-state index contributed by atoms with van der Waals surface area (Å²) in [5.74, 6) is -1.04. The van der Waals surface area contributed by atoms with E-state index in [1.807, 2.05) is 0 Å². The van der Waals surface area contributed by atoms with E-state index in [4.69, 9.17) is 5.11 Å². The average Bonchev–Trinajstić information content (AvgIpc) is 2.69. The minimum absolute atomic E-state index is 0.274. The molecule has 7 nitrogen and oxygen atoms in total. The minimum atomic E-state index is -1.04. The van der Waals surface area contributed by atoms with Crippen LogP contribution in [0.4, 0.5) is 4.79 Å². The van der Waals surface area contributed by atoms with Crippen molar-refractivity contribution in [3.05, 3.63) is 18.0 Å². The van der Waals surface area contributed by atoms with Gasteiger partial charge in [0.25, 0.3) is 0 Å². The molecule has 0 spiro atoms. The van der Waals surface area contributed by atoms with Crippen LogP contribution in [0.25, 0.3) is 0 Å². The first-order chi connectivity index (χ1) is 7.91. The van der Waals surface area contributed by atoms with E-state index >= 15 is 0 Å². The number of aryl methyl sites for hydroxylation is 1. The maximum absolute atomic E-state index is 11.6. The van der Waals surface area contributed by atoms with Gasteiger partial charge < -0.3 is 15.3 Å². The summed E-state index contributed by atoms with van der Waals surface area (Å²) in [6.45, 7) is 1.72. The van der Waals surface area contributed by atoms with Crippen molar-refractivity contribution in [2.75, 3.05) is 7.05 Å². The van der Waals surface area contributed by atoms with E-state index in [1.165, 1.54) is 14.0 Å². The predicted octanol–water partition coefficient (Wildman–Crippen LogP) is 0.0346. The molecule has 0 bridgehead atoms. The number of nitrogens with one attached hydrogen (secondary N) is 1. The van der Waals surface area contributed by atoms with Crippen LogP contribution in [0.15, 0.2) is 12.3 Å². The molecule has 2 amide bonds. The summed E-state index contributed by atoms with van der Waals surface area (Å²) in [4.78, 5) is 23.4. The highest BCUT2D eigenvalue weighted by molar-refractivity contribution is 5.82. The summed E-state index contributed by atoms with van der Waals surface area (Å²) >= 11 is 0. The quantitative estimate of drug-likeness (QED) is 0.777. The third-order valence-corrected chi connectivity index (χ3v) is 2.45. The molecule has 0 fully saturated rings. The molecular weight excluding hydrogens is 224 g/mol. The molecule has 0 aliphatic rings. The summed E-state index contributed by atoms with van der Waals surface area (Å²) in [6, 6.07) is 0.477. The molecule has 17 heavy (non-hydrogen) atoms. The lowest BCUT2D eigenvalue weighted by Crippen LogP contribution is -2.45. The number of amides is 2. The van der Waals surface area contributed by atoms with Crippen LogP contribution in [0.2, 0.25) is 0 Å². The third-order valence-electron chi connectivity index (χ3n) is 2.45. The molecule has 7 heteroatoms. The lowest BCUT2D eigenvalue weighted by Gasteiger charge is -2.21. The summed E-state index contributed by atoms with van der Waals surface area (Å²) < 4.78 is 1.63. The molecule has 0 saturated heterocycles. The highest BCUT2D eigenvalue weighted by atomic mass is 16.4. The van der Waals surface area contributed by atoms with Crippen molar-refractivity contribution in [1.29, 1.82) is 0 Å². The Labute approximate surface area is 99.0 Å². The van der Waals surface area contributed by atoms with Gasteiger partial charge in [0.15, 0.2) is 0 Å². The van der Waals surface area contributed by atoms with Crippen LogP contribution < -0.4 is 5.32 Å². The van der Waals surface area contributed by atoms with Crippen LogP contribution in [0.3, 0.4) is 0 Å². The van der Waals surface area contributed by atoms with Crippen molar-refractivity contribution in [3.63, 3.8) is 0 Å². The predicted molar refractivity (Wildman–Crippen MR) is 60.3 cm³/mol. The molecule has 94 valence electrons.